The number of hydrogen-bond acceptors (Lipinski definition) is 12. The third kappa shape index (κ3) is 29.5. The van der Waals surface area contributed by atoms with Gasteiger partial charge in [0.2, 0.25) is 0 Å². The van der Waals surface area contributed by atoms with E-state index in [0.717, 1.165) is 83.5 Å². The Morgan fingerprint density at radius 2 is 0.934 bits per heavy atom. The van der Waals surface area contributed by atoms with Gasteiger partial charge < -0.3 is 39.9 Å². The second-order valence-corrected chi connectivity index (χ2v) is 17.3. The smallest absolute Gasteiger partial charge is 0.462 e. The highest BCUT2D eigenvalue weighted by molar-refractivity contribution is 7.47. The van der Waals surface area contributed by atoms with Gasteiger partial charge in [0.05, 0.1) is 6.61 Å². The molecule has 352 valence electrons. The Balaban J connectivity index is 2.50. The van der Waals surface area contributed by atoms with E-state index in [4.69, 9.17) is 18.5 Å². The van der Waals surface area contributed by atoms with Gasteiger partial charge in [0.1, 0.15) is 43.2 Å². The first-order valence-corrected chi connectivity index (χ1v) is 24.6. The summed E-state index contributed by atoms with van der Waals surface area (Å²) in [7, 11) is -5.13. The summed E-state index contributed by atoms with van der Waals surface area (Å²) in [6.07, 6.45) is 31.2. The van der Waals surface area contributed by atoms with Crippen molar-refractivity contribution >= 4 is 19.8 Å². The lowest BCUT2D eigenvalue weighted by atomic mass is 9.85. The Morgan fingerprint density at radius 1 is 0.525 bits per heavy atom. The Morgan fingerprint density at radius 3 is 1.48 bits per heavy atom. The molecule has 6 N–H and O–H groups in total. The first-order chi connectivity index (χ1) is 29.4. The highest BCUT2D eigenvalue weighted by atomic mass is 31.2. The van der Waals surface area contributed by atoms with Crippen LogP contribution < -0.4 is 0 Å². The maximum atomic E-state index is 12.8. The van der Waals surface area contributed by atoms with Crippen molar-refractivity contribution in [3.05, 3.63) is 60.8 Å². The van der Waals surface area contributed by atoms with E-state index in [2.05, 4.69) is 74.6 Å². The van der Waals surface area contributed by atoms with Gasteiger partial charge in [-0.1, -0.05) is 139 Å². The number of phosphoric ester groups is 1. The molecule has 0 heterocycles. The number of carbonyl (C=O) groups is 2. The summed E-state index contributed by atoms with van der Waals surface area (Å²) in [6.45, 7) is 3.21. The van der Waals surface area contributed by atoms with Crippen molar-refractivity contribution < 1.29 is 63.1 Å². The molecule has 61 heavy (non-hydrogen) atoms. The van der Waals surface area contributed by atoms with E-state index in [-0.39, 0.29) is 12.8 Å². The number of esters is 2. The Hall–Kier alpha value is -2.45. The maximum absolute atomic E-state index is 12.8. The fourth-order valence-corrected chi connectivity index (χ4v) is 7.55. The number of phosphoric acid groups is 1. The van der Waals surface area contributed by atoms with Crippen LogP contribution in [0.2, 0.25) is 0 Å². The van der Waals surface area contributed by atoms with E-state index in [9.17, 15) is 44.6 Å². The van der Waals surface area contributed by atoms with Crippen LogP contribution in [0.4, 0.5) is 0 Å². The summed E-state index contributed by atoms with van der Waals surface area (Å²) < 4.78 is 33.5. The molecule has 1 aliphatic carbocycles. The summed E-state index contributed by atoms with van der Waals surface area (Å²) in [5, 5.41) is 50.1. The lowest BCUT2D eigenvalue weighted by Crippen LogP contribution is -2.64. The van der Waals surface area contributed by atoms with Crippen LogP contribution in [-0.2, 0) is 32.7 Å². The minimum atomic E-state index is -5.13. The Kier molecular flexibility index (Phi) is 34.3. The summed E-state index contributed by atoms with van der Waals surface area (Å²) in [5.41, 5.74) is 0. The van der Waals surface area contributed by atoms with Gasteiger partial charge in [0.15, 0.2) is 6.10 Å². The number of unbranched alkanes of at least 4 members (excludes halogenated alkanes) is 16. The molecule has 0 aromatic carbocycles. The highest BCUT2D eigenvalue weighted by Gasteiger charge is 2.51. The Labute approximate surface area is 366 Å². The number of rotatable bonds is 37. The first kappa shape index (κ1) is 56.6. The van der Waals surface area contributed by atoms with Crippen molar-refractivity contribution in [3.63, 3.8) is 0 Å². The number of aliphatic hydroxyl groups excluding tert-OH is 5. The van der Waals surface area contributed by atoms with Gasteiger partial charge in [-0.2, -0.15) is 0 Å². The number of allylic oxidation sites excluding steroid dienone is 10. The predicted molar refractivity (Wildman–Crippen MR) is 239 cm³/mol. The van der Waals surface area contributed by atoms with Crippen LogP contribution in [0.25, 0.3) is 0 Å². The van der Waals surface area contributed by atoms with E-state index in [1.54, 1.807) is 0 Å². The molecule has 1 aliphatic rings. The second-order valence-electron chi connectivity index (χ2n) is 15.9. The van der Waals surface area contributed by atoms with E-state index < -0.39 is 75.7 Å². The quantitative estimate of drug-likeness (QED) is 0.0113. The Bertz CT molecular complexity index is 1300. The van der Waals surface area contributed by atoms with Gasteiger partial charge in [0, 0.05) is 12.8 Å². The fourth-order valence-electron chi connectivity index (χ4n) is 6.58. The summed E-state index contributed by atoms with van der Waals surface area (Å²) in [6, 6.07) is 0. The highest BCUT2D eigenvalue weighted by Crippen LogP contribution is 2.47. The SMILES string of the molecule is CCCCC/C=C/C/C=C/C/C=C/CCCCCCC(=O)O[C@H](COC(=O)CCCCCCC/C=C/C=C/CCCCCC)COP(=O)(O)OC1C(O)C(O)C(O)[C@H](O)C1O. The van der Waals surface area contributed by atoms with Crippen molar-refractivity contribution in [2.75, 3.05) is 13.2 Å². The summed E-state index contributed by atoms with van der Waals surface area (Å²) >= 11 is 0. The molecule has 0 amide bonds. The topological polar surface area (TPSA) is 210 Å². The molecule has 0 aromatic heterocycles. The van der Waals surface area contributed by atoms with Gasteiger partial charge in [-0.15, -0.1) is 0 Å². The van der Waals surface area contributed by atoms with E-state index in [1.165, 1.54) is 44.9 Å². The standard InChI is InChI=1S/C47H81O13P/c1-3-5-7-9-11-13-15-17-19-20-22-24-26-28-30-32-34-36-41(49)59-39(38-58-61(55,56)60-47-45(53)43(51)42(50)44(52)46(47)54)37-57-40(48)35-33-31-29-27-25-23-21-18-16-14-12-10-8-6-4-2/h11,13-14,16-19,21-22,24,39,42-47,50-54H,3-10,12,15,20,23,25-38H2,1-2H3,(H,55,56)/b13-11+,16-14+,19-17+,21-18+,24-22+/t39-,42?,43+,44?,45?,46?,47?/m1/s1. The van der Waals surface area contributed by atoms with Crippen LogP contribution in [0.5, 0.6) is 0 Å². The molecule has 0 spiro atoms. The van der Waals surface area contributed by atoms with Crippen molar-refractivity contribution in [3.8, 4) is 0 Å². The maximum Gasteiger partial charge on any atom is 0.472 e. The minimum absolute atomic E-state index is 0.0651. The van der Waals surface area contributed by atoms with Crippen molar-refractivity contribution in [1.82, 2.24) is 0 Å². The largest absolute Gasteiger partial charge is 0.472 e. The van der Waals surface area contributed by atoms with Crippen LogP contribution in [0, 0.1) is 0 Å². The second kappa shape index (κ2) is 37.0. The molecule has 6 unspecified atom stereocenters. The van der Waals surface area contributed by atoms with Crippen LogP contribution in [0.1, 0.15) is 168 Å². The minimum Gasteiger partial charge on any atom is -0.462 e. The molecule has 0 saturated heterocycles. The van der Waals surface area contributed by atoms with Gasteiger partial charge in [-0.25, -0.2) is 4.57 Å². The lowest BCUT2D eigenvalue weighted by Gasteiger charge is -2.41. The summed E-state index contributed by atoms with van der Waals surface area (Å²) in [4.78, 5) is 35.7. The van der Waals surface area contributed by atoms with Gasteiger partial charge in [0.25, 0.3) is 0 Å². The average Bonchev–Trinajstić information content (AvgIpc) is 3.24. The zero-order valence-corrected chi connectivity index (χ0v) is 38.1. The van der Waals surface area contributed by atoms with Crippen molar-refractivity contribution in [1.29, 1.82) is 0 Å². The molecule has 1 saturated carbocycles. The van der Waals surface area contributed by atoms with Crippen LogP contribution >= 0.6 is 7.82 Å². The van der Waals surface area contributed by atoms with Crippen molar-refractivity contribution in [2.24, 2.45) is 0 Å². The predicted octanol–water partition coefficient (Wildman–Crippen LogP) is 8.94. The number of ether oxygens (including phenoxy) is 2. The molecule has 0 aliphatic heterocycles. The van der Waals surface area contributed by atoms with Crippen LogP contribution in [0.15, 0.2) is 60.8 Å². The van der Waals surface area contributed by atoms with E-state index >= 15 is 0 Å². The molecule has 13 nitrogen and oxygen atoms in total. The van der Waals surface area contributed by atoms with Crippen LogP contribution in [0.3, 0.4) is 0 Å². The van der Waals surface area contributed by atoms with Gasteiger partial charge >= 0.3 is 19.8 Å². The molecule has 14 heteroatoms. The van der Waals surface area contributed by atoms with Gasteiger partial charge in [-0.05, 0) is 77.0 Å². The number of hydrogen-bond donors (Lipinski definition) is 6. The molecular formula is C47H81O13P. The molecular weight excluding hydrogens is 803 g/mol. The number of carbonyl (C=O) groups excluding carboxylic acids is 2. The molecule has 8 atom stereocenters. The monoisotopic (exact) mass is 885 g/mol. The molecule has 1 rings (SSSR count). The third-order valence-electron chi connectivity index (χ3n) is 10.4. The molecule has 0 bridgehead atoms. The number of aliphatic hydroxyl groups is 5. The van der Waals surface area contributed by atoms with Gasteiger partial charge in [-0.3, -0.25) is 18.6 Å². The van der Waals surface area contributed by atoms with E-state index in [0.29, 0.717) is 12.8 Å². The van der Waals surface area contributed by atoms with E-state index in [1.807, 2.05) is 0 Å². The lowest BCUT2D eigenvalue weighted by molar-refractivity contribution is -0.220. The molecule has 0 radical (unpaired) electrons. The van der Waals surface area contributed by atoms with Crippen molar-refractivity contribution in [2.45, 2.75) is 211 Å². The normalized spacial score (nSPS) is 22.6. The first-order valence-electron chi connectivity index (χ1n) is 23.1. The average molecular weight is 885 g/mol. The molecule has 0 aromatic rings. The molecule has 1 fully saturated rings. The van der Waals surface area contributed by atoms with Crippen LogP contribution in [-0.4, -0.2) is 98.3 Å². The third-order valence-corrected chi connectivity index (χ3v) is 11.3. The zero-order valence-electron chi connectivity index (χ0n) is 37.2. The fraction of sp³-hybridized carbons (Fsp3) is 0.745. The zero-order chi connectivity index (χ0) is 45.0. The summed E-state index contributed by atoms with van der Waals surface area (Å²) in [5.74, 6) is -1.15.